The molecule has 0 amide bonds. The lowest BCUT2D eigenvalue weighted by Gasteiger charge is -2.13. The van der Waals surface area contributed by atoms with E-state index in [-0.39, 0.29) is 0 Å². The van der Waals surface area contributed by atoms with E-state index in [9.17, 15) is 10.5 Å². The highest BCUT2D eigenvalue weighted by Crippen LogP contribution is 2.26. The lowest BCUT2D eigenvalue weighted by molar-refractivity contribution is 0.301. The van der Waals surface area contributed by atoms with Gasteiger partial charge in [-0.3, -0.25) is 0 Å². The first-order valence-electron chi connectivity index (χ1n) is 15.4. The van der Waals surface area contributed by atoms with E-state index in [1.165, 1.54) is 122 Å². The molecule has 0 N–H and O–H groups in total. The first-order valence-corrected chi connectivity index (χ1v) is 15.4. The van der Waals surface area contributed by atoms with Crippen molar-refractivity contribution < 1.29 is 4.74 Å². The molecule has 0 saturated heterocycles. The maximum absolute atomic E-state index is 9.46. The Morgan fingerprint density at radius 3 is 1.36 bits per heavy atom. The lowest BCUT2D eigenvalue weighted by atomic mass is 9.99. The molecule has 0 aliphatic carbocycles. The van der Waals surface area contributed by atoms with Gasteiger partial charge in [-0.2, -0.15) is 10.5 Å². The van der Waals surface area contributed by atoms with Crippen LogP contribution in [-0.4, -0.2) is 6.61 Å². The minimum Gasteiger partial charge on any atom is -0.493 e. The van der Waals surface area contributed by atoms with Crippen molar-refractivity contribution in [2.75, 3.05) is 6.61 Å². The summed E-state index contributed by atoms with van der Waals surface area (Å²) in [6.45, 7) is 5.23. The van der Waals surface area contributed by atoms with Crippen molar-refractivity contribution >= 4 is 0 Å². The Morgan fingerprint density at radius 1 is 0.528 bits per heavy atom. The molecule has 0 radical (unpaired) electrons. The van der Waals surface area contributed by atoms with Crippen LogP contribution in [0.15, 0.2) is 12.1 Å². The fourth-order valence-electron chi connectivity index (χ4n) is 4.89. The Balaban J connectivity index is 2.31. The Kier molecular flexibility index (Phi) is 20.8. The molecule has 0 aliphatic rings. The van der Waals surface area contributed by atoms with Crippen molar-refractivity contribution in [2.24, 2.45) is 0 Å². The SMILES string of the molecule is CCCCCCCCCCCCCc1cc(C#N)c(C#N)cc1OCCCCCCCCCCCC. The van der Waals surface area contributed by atoms with Crippen LogP contribution < -0.4 is 4.74 Å². The number of hydrogen-bond donors (Lipinski definition) is 0. The van der Waals surface area contributed by atoms with Crippen LogP contribution in [0.2, 0.25) is 0 Å². The second-order valence-electron chi connectivity index (χ2n) is 10.5. The van der Waals surface area contributed by atoms with Gasteiger partial charge in [0.1, 0.15) is 17.9 Å². The third-order valence-electron chi connectivity index (χ3n) is 7.25. The molecule has 36 heavy (non-hydrogen) atoms. The van der Waals surface area contributed by atoms with Crippen LogP contribution in [0.4, 0.5) is 0 Å². The van der Waals surface area contributed by atoms with E-state index in [4.69, 9.17) is 4.74 Å². The molecule has 0 aliphatic heterocycles. The minimum atomic E-state index is 0.429. The third-order valence-corrected chi connectivity index (χ3v) is 7.25. The summed E-state index contributed by atoms with van der Waals surface area (Å²) >= 11 is 0. The highest BCUT2D eigenvalue weighted by atomic mass is 16.5. The number of benzene rings is 1. The van der Waals surface area contributed by atoms with Gasteiger partial charge in [0.15, 0.2) is 0 Å². The molecule has 0 heterocycles. The molecular formula is C33H54N2O. The third kappa shape index (κ3) is 15.9. The van der Waals surface area contributed by atoms with E-state index in [0.29, 0.717) is 17.7 Å². The summed E-state index contributed by atoms with van der Waals surface area (Å²) in [5.74, 6) is 0.813. The van der Waals surface area contributed by atoms with Crippen LogP contribution in [0, 0.1) is 22.7 Å². The fourth-order valence-corrected chi connectivity index (χ4v) is 4.89. The van der Waals surface area contributed by atoms with Crippen molar-refractivity contribution in [3.05, 3.63) is 28.8 Å². The molecule has 3 nitrogen and oxygen atoms in total. The van der Waals surface area contributed by atoms with Gasteiger partial charge in [-0.1, -0.05) is 136 Å². The summed E-state index contributed by atoms with van der Waals surface area (Å²) < 4.78 is 6.14. The second kappa shape index (κ2) is 23.4. The van der Waals surface area contributed by atoms with Crippen molar-refractivity contribution in [1.82, 2.24) is 0 Å². The van der Waals surface area contributed by atoms with Gasteiger partial charge in [0.25, 0.3) is 0 Å². The Morgan fingerprint density at radius 2 is 0.917 bits per heavy atom. The summed E-state index contributed by atoms with van der Waals surface area (Å²) in [4.78, 5) is 0. The quantitative estimate of drug-likeness (QED) is 0.134. The van der Waals surface area contributed by atoms with Crippen LogP contribution in [-0.2, 0) is 6.42 Å². The van der Waals surface area contributed by atoms with Gasteiger partial charge in [-0.05, 0) is 37.0 Å². The Hall–Kier alpha value is -2.00. The maximum Gasteiger partial charge on any atom is 0.123 e. The number of nitrogens with zero attached hydrogens (tertiary/aromatic N) is 2. The lowest BCUT2D eigenvalue weighted by Crippen LogP contribution is -2.02. The summed E-state index contributed by atoms with van der Waals surface area (Å²) in [7, 11) is 0. The van der Waals surface area contributed by atoms with E-state index >= 15 is 0 Å². The molecule has 0 unspecified atom stereocenters. The first-order chi connectivity index (χ1) is 17.8. The average Bonchev–Trinajstić information content (AvgIpc) is 2.90. The number of unbranched alkanes of at least 4 members (excludes halogenated alkanes) is 19. The van der Waals surface area contributed by atoms with Crippen molar-refractivity contribution in [1.29, 1.82) is 10.5 Å². The van der Waals surface area contributed by atoms with Crippen LogP contribution in [0.5, 0.6) is 5.75 Å². The smallest absolute Gasteiger partial charge is 0.123 e. The van der Waals surface area contributed by atoms with Crippen LogP contribution >= 0.6 is 0 Å². The largest absolute Gasteiger partial charge is 0.493 e. The average molecular weight is 495 g/mol. The zero-order valence-electron chi connectivity index (χ0n) is 23.7. The molecule has 0 aromatic heterocycles. The number of hydrogen-bond acceptors (Lipinski definition) is 3. The van der Waals surface area contributed by atoms with Crippen molar-refractivity contribution in [3.8, 4) is 17.9 Å². The van der Waals surface area contributed by atoms with Gasteiger partial charge in [-0.15, -0.1) is 0 Å². The van der Waals surface area contributed by atoms with Crippen LogP contribution in [0.25, 0.3) is 0 Å². The summed E-state index contributed by atoms with van der Waals surface area (Å²) in [5, 5.41) is 18.9. The number of aryl methyl sites for hydroxylation is 1. The normalized spacial score (nSPS) is 10.8. The van der Waals surface area contributed by atoms with Gasteiger partial charge in [-0.25, -0.2) is 0 Å². The van der Waals surface area contributed by atoms with Crippen molar-refractivity contribution in [2.45, 2.75) is 155 Å². The standard InChI is InChI=1S/C33H54N2O/c1-3-5-7-9-11-13-15-16-18-20-22-24-30-26-31(28-34)32(29-35)27-33(30)36-25-23-21-19-17-14-12-10-8-6-4-2/h26-27H,3-25H2,1-2H3. The number of nitriles is 2. The van der Waals surface area contributed by atoms with Gasteiger partial charge >= 0.3 is 0 Å². The molecule has 0 bridgehead atoms. The predicted octanol–water partition coefficient (Wildman–Crippen LogP) is 10.6. The minimum absolute atomic E-state index is 0.429. The zero-order valence-corrected chi connectivity index (χ0v) is 23.7. The van der Waals surface area contributed by atoms with Gasteiger partial charge in [0.2, 0.25) is 0 Å². The molecule has 0 saturated carbocycles. The molecule has 1 aromatic carbocycles. The topological polar surface area (TPSA) is 56.8 Å². The molecule has 0 fully saturated rings. The van der Waals surface area contributed by atoms with E-state index in [2.05, 4.69) is 26.0 Å². The van der Waals surface area contributed by atoms with Crippen LogP contribution in [0.3, 0.4) is 0 Å². The van der Waals surface area contributed by atoms with E-state index < -0.39 is 0 Å². The van der Waals surface area contributed by atoms with Gasteiger partial charge in [0, 0.05) is 0 Å². The molecule has 3 heteroatoms. The second-order valence-corrected chi connectivity index (χ2v) is 10.5. The zero-order chi connectivity index (χ0) is 26.1. The molecule has 202 valence electrons. The number of ether oxygens (including phenoxy) is 1. The Labute approximate surface area is 223 Å². The van der Waals surface area contributed by atoms with Gasteiger partial charge < -0.3 is 4.74 Å². The monoisotopic (exact) mass is 494 g/mol. The molecular weight excluding hydrogens is 440 g/mol. The molecule has 1 rings (SSSR count). The molecule has 0 spiro atoms. The Bertz CT molecular complexity index is 680. The highest BCUT2D eigenvalue weighted by molar-refractivity contribution is 5.53. The highest BCUT2D eigenvalue weighted by Gasteiger charge is 2.11. The van der Waals surface area contributed by atoms with Crippen molar-refractivity contribution in [3.63, 3.8) is 0 Å². The fraction of sp³-hybridized carbons (Fsp3) is 0.758. The summed E-state index contributed by atoms with van der Waals surface area (Å²) in [6.07, 6.45) is 28.5. The summed E-state index contributed by atoms with van der Waals surface area (Å²) in [5.41, 5.74) is 1.99. The molecule has 0 atom stereocenters. The van der Waals surface area contributed by atoms with E-state index in [1.807, 2.05) is 6.07 Å². The van der Waals surface area contributed by atoms with Crippen LogP contribution in [0.1, 0.15) is 165 Å². The predicted molar refractivity (Wildman–Crippen MR) is 153 cm³/mol. The summed E-state index contributed by atoms with van der Waals surface area (Å²) in [6, 6.07) is 8.04. The maximum atomic E-state index is 9.46. The molecule has 1 aromatic rings. The van der Waals surface area contributed by atoms with E-state index in [1.54, 1.807) is 6.07 Å². The van der Waals surface area contributed by atoms with E-state index in [0.717, 1.165) is 30.6 Å². The van der Waals surface area contributed by atoms with Gasteiger partial charge in [0.05, 0.1) is 17.7 Å². The first kappa shape index (κ1) is 32.0. The number of rotatable bonds is 24.